The number of hydrogen-bond acceptors (Lipinski definition) is 3. The summed E-state index contributed by atoms with van der Waals surface area (Å²) in [5.41, 5.74) is 5.44. The smallest absolute Gasteiger partial charge is 0.245 e. The maximum absolute atomic E-state index is 13.2. The number of fused-ring (bicyclic) bond motifs is 1. The topological polar surface area (TPSA) is 64.3 Å². The summed E-state index contributed by atoms with van der Waals surface area (Å²) in [4.78, 5) is 12.6. The summed E-state index contributed by atoms with van der Waals surface area (Å²) >= 11 is 0. The first-order chi connectivity index (χ1) is 9.37. The number of hydrogen-bond donors (Lipinski definition) is 2. The van der Waals surface area contributed by atoms with E-state index in [0.29, 0.717) is 12.3 Å². The van der Waals surface area contributed by atoms with Gasteiger partial charge in [-0.2, -0.15) is 0 Å². The third-order valence-corrected chi connectivity index (χ3v) is 4.91. The molecule has 0 radical (unpaired) electrons. The van der Waals surface area contributed by atoms with Gasteiger partial charge in [0.1, 0.15) is 11.4 Å². The van der Waals surface area contributed by atoms with Crippen molar-refractivity contribution in [3.05, 3.63) is 30.1 Å². The van der Waals surface area contributed by atoms with Gasteiger partial charge in [0.25, 0.3) is 0 Å². The fraction of sp³-hybridized carbons (Fsp3) is 0.533. The minimum atomic E-state index is -0.972. The Morgan fingerprint density at radius 2 is 2.25 bits per heavy atom. The molecule has 0 aromatic heterocycles. The Balaban J connectivity index is 1.83. The van der Waals surface area contributed by atoms with Crippen LogP contribution in [0.15, 0.2) is 24.3 Å². The van der Waals surface area contributed by atoms with Crippen LogP contribution in [0.2, 0.25) is 0 Å². The van der Waals surface area contributed by atoms with E-state index in [4.69, 9.17) is 10.5 Å². The minimum absolute atomic E-state index is 0.0331. The van der Waals surface area contributed by atoms with E-state index in [9.17, 15) is 9.18 Å². The van der Waals surface area contributed by atoms with Gasteiger partial charge in [0.15, 0.2) is 0 Å². The molecule has 1 aliphatic carbocycles. The van der Waals surface area contributed by atoms with Crippen molar-refractivity contribution in [3.8, 4) is 0 Å². The highest BCUT2D eigenvalue weighted by molar-refractivity contribution is 6.00. The van der Waals surface area contributed by atoms with Gasteiger partial charge in [0.2, 0.25) is 5.91 Å². The molecule has 0 bridgehead atoms. The van der Waals surface area contributed by atoms with Crippen molar-refractivity contribution in [2.24, 2.45) is 17.1 Å². The van der Waals surface area contributed by atoms with Crippen molar-refractivity contribution in [2.75, 3.05) is 11.9 Å². The summed E-state index contributed by atoms with van der Waals surface area (Å²) in [7, 11) is 0. The number of carbonyl (C=O) groups is 1. The van der Waals surface area contributed by atoms with Gasteiger partial charge < -0.3 is 15.8 Å². The average Bonchev–Trinajstić information content (AvgIpc) is 2.85. The van der Waals surface area contributed by atoms with Crippen molar-refractivity contribution in [3.63, 3.8) is 0 Å². The summed E-state index contributed by atoms with van der Waals surface area (Å²) in [6.45, 7) is 4.54. The molecule has 1 saturated heterocycles. The molecular formula is C15H19FN2O2. The molecule has 3 atom stereocenters. The zero-order valence-corrected chi connectivity index (χ0v) is 11.7. The first-order valence-electron chi connectivity index (χ1n) is 6.85. The fourth-order valence-corrected chi connectivity index (χ4v) is 3.65. The molecule has 2 fully saturated rings. The second kappa shape index (κ2) is 4.27. The maximum atomic E-state index is 13.2. The molecule has 1 amide bonds. The molecule has 1 aromatic rings. The van der Waals surface area contributed by atoms with E-state index in [1.54, 1.807) is 12.1 Å². The number of benzene rings is 1. The lowest BCUT2D eigenvalue weighted by molar-refractivity contribution is -0.170. The fourth-order valence-electron chi connectivity index (χ4n) is 3.65. The van der Waals surface area contributed by atoms with E-state index in [-0.39, 0.29) is 23.7 Å². The number of amides is 1. The molecule has 1 aromatic carbocycles. The van der Waals surface area contributed by atoms with E-state index in [0.717, 1.165) is 6.42 Å². The molecular weight excluding hydrogens is 259 g/mol. The van der Waals surface area contributed by atoms with Gasteiger partial charge in [-0.25, -0.2) is 4.39 Å². The third kappa shape index (κ3) is 1.63. The molecule has 3 unspecified atom stereocenters. The first kappa shape index (κ1) is 13.5. The number of halogens is 1. The van der Waals surface area contributed by atoms with Crippen LogP contribution in [0.25, 0.3) is 0 Å². The molecule has 3 N–H and O–H groups in total. The van der Waals surface area contributed by atoms with Gasteiger partial charge in [-0.3, -0.25) is 4.79 Å². The van der Waals surface area contributed by atoms with Crippen LogP contribution >= 0.6 is 0 Å². The third-order valence-electron chi connectivity index (χ3n) is 4.91. The van der Waals surface area contributed by atoms with Crippen molar-refractivity contribution in [2.45, 2.75) is 31.9 Å². The summed E-state index contributed by atoms with van der Waals surface area (Å²) in [5, 5.41) is 2.73. The number of anilines is 1. The summed E-state index contributed by atoms with van der Waals surface area (Å²) < 4.78 is 18.8. The normalized spacial score (nSPS) is 34.2. The quantitative estimate of drug-likeness (QED) is 0.868. The SMILES string of the molecule is CC1(C)C2OCCC2C1(N)C(=O)Nc1cccc(F)c1. The highest BCUT2D eigenvalue weighted by Crippen LogP contribution is 2.58. The van der Waals surface area contributed by atoms with Crippen LogP contribution < -0.4 is 11.1 Å². The van der Waals surface area contributed by atoms with E-state index in [1.807, 2.05) is 13.8 Å². The number of nitrogens with two attached hydrogens (primary N) is 1. The van der Waals surface area contributed by atoms with E-state index < -0.39 is 11.0 Å². The van der Waals surface area contributed by atoms with Gasteiger partial charge in [0, 0.05) is 23.6 Å². The Labute approximate surface area is 117 Å². The van der Waals surface area contributed by atoms with Gasteiger partial charge in [-0.15, -0.1) is 0 Å². The van der Waals surface area contributed by atoms with Crippen LogP contribution in [0.4, 0.5) is 10.1 Å². The monoisotopic (exact) mass is 278 g/mol. The molecule has 108 valence electrons. The van der Waals surface area contributed by atoms with Gasteiger partial charge >= 0.3 is 0 Å². The van der Waals surface area contributed by atoms with Crippen LogP contribution in [-0.2, 0) is 9.53 Å². The highest BCUT2D eigenvalue weighted by Gasteiger charge is 2.71. The zero-order valence-electron chi connectivity index (χ0n) is 11.7. The standard InChI is InChI=1S/C15H19FN2O2/c1-14(2)12-11(6-7-20-12)15(14,17)13(19)18-10-5-3-4-9(16)8-10/h3-5,8,11-12H,6-7,17H2,1-2H3,(H,18,19). The van der Waals surface area contributed by atoms with Crippen LogP contribution in [0.1, 0.15) is 20.3 Å². The lowest BCUT2D eigenvalue weighted by Gasteiger charge is -2.60. The van der Waals surface area contributed by atoms with Crippen molar-refractivity contribution >= 4 is 11.6 Å². The largest absolute Gasteiger partial charge is 0.377 e. The van der Waals surface area contributed by atoms with Crippen LogP contribution in [0.5, 0.6) is 0 Å². The molecule has 1 heterocycles. The summed E-state index contributed by atoms with van der Waals surface area (Å²) in [6.07, 6.45) is 0.826. The predicted octanol–water partition coefficient (Wildman–Crippen LogP) is 1.91. The van der Waals surface area contributed by atoms with E-state index >= 15 is 0 Å². The Kier molecular flexibility index (Phi) is 2.88. The molecule has 0 spiro atoms. The molecule has 5 heteroatoms. The average molecular weight is 278 g/mol. The molecule has 1 aliphatic heterocycles. The van der Waals surface area contributed by atoms with Crippen LogP contribution in [0.3, 0.4) is 0 Å². The Bertz CT molecular complexity index is 561. The Hall–Kier alpha value is -1.46. The summed E-state index contributed by atoms with van der Waals surface area (Å²) in [5.74, 6) is -0.616. The molecule has 3 rings (SSSR count). The van der Waals surface area contributed by atoms with Crippen LogP contribution in [-0.4, -0.2) is 24.2 Å². The molecule has 2 aliphatic rings. The molecule has 20 heavy (non-hydrogen) atoms. The molecule has 4 nitrogen and oxygen atoms in total. The molecule has 1 saturated carbocycles. The van der Waals surface area contributed by atoms with Crippen molar-refractivity contribution in [1.29, 1.82) is 0 Å². The lowest BCUT2D eigenvalue weighted by atomic mass is 9.48. The van der Waals surface area contributed by atoms with Gasteiger partial charge in [-0.1, -0.05) is 19.9 Å². The number of ether oxygens (including phenoxy) is 1. The van der Waals surface area contributed by atoms with Crippen molar-refractivity contribution < 1.29 is 13.9 Å². The Morgan fingerprint density at radius 1 is 1.50 bits per heavy atom. The second-order valence-corrected chi connectivity index (χ2v) is 6.24. The van der Waals surface area contributed by atoms with Gasteiger partial charge in [-0.05, 0) is 24.6 Å². The second-order valence-electron chi connectivity index (χ2n) is 6.24. The van der Waals surface area contributed by atoms with Crippen molar-refractivity contribution in [1.82, 2.24) is 0 Å². The zero-order chi connectivity index (χ0) is 14.5. The van der Waals surface area contributed by atoms with E-state index in [2.05, 4.69) is 5.32 Å². The van der Waals surface area contributed by atoms with Gasteiger partial charge in [0.05, 0.1) is 6.10 Å². The highest BCUT2D eigenvalue weighted by atomic mass is 19.1. The number of carbonyl (C=O) groups excluding carboxylic acids is 1. The van der Waals surface area contributed by atoms with Crippen LogP contribution in [0, 0.1) is 17.2 Å². The predicted molar refractivity (Wildman–Crippen MR) is 73.6 cm³/mol. The maximum Gasteiger partial charge on any atom is 0.245 e. The lowest BCUT2D eigenvalue weighted by Crippen LogP contribution is -2.79. The number of rotatable bonds is 2. The summed E-state index contributed by atoms with van der Waals surface area (Å²) in [6, 6.07) is 5.83. The number of nitrogens with one attached hydrogen (secondary N) is 1. The minimum Gasteiger partial charge on any atom is -0.377 e. The Morgan fingerprint density at radius 3 is 2.95 bits per heavy atom. The van der Waals surface area contributed by atoms with E-state index in [1.165, 1.54) is 12.1 Å². The first-order valence-corrected chi connectivity index (χ1v) is 6.85.